The number of aromatic nitrogens is 2. The van der Waals surface area contributed by atoms with E-state index < -0.39 is 0 Å². The van der Waals surface area contributed by atoms with Crippen LogP contribution >= 0.6 is 0 Å². The average Bonchev–Trinajstić information content (AvgIpc) is 3.09. The predicted molar refractivity (Wildman–Crippen MR) is 81.8 cm³/mol. The molecule has 3 aromatic rings. The Morgan fingerprint density at radius 1 is 1.13 bits per heavy atom. The molecule has 0 aliphatic carbocycles. The van der Waals surface area contributed by atoms with Crippen molar-refractivity contribution in [2.45, 2.75) is 6.61 Å². The zero-order chi connectivity index (χ0) is 16.1. The number of nitriles is 1. The molecule has 0 amide bonds. The smallest absolute Gasteiger partial charge is 0.258 e. The van der Waals surface area contributed by atoms with Crippen molar-refractivity contribution in [2.75, 3.05) is 7.11 Å². The van der Waals surface area contributed by atoms with E-state index >= 15 is 0 Å². The molecular weight excluding hydrogens is 294 g/mol. The number of ether oxygens (including phenoxy) is 2. The molecule has 1 heterocycles. The minimum Gasteiger partial charge on any atom is -0.497 e. The largest absolute Gasteiger partial charge is 0.497 e. The molecule has 6 nitrogen and oxygen atoms in total. The van der Waals surface area contributed by atoms with Crippen LogP contribution in [-0.4, -0.2) is 17.3 Å². The van der Waals surface area contributed by atoms with Crippen molar-refractivity contribution in [3.8, 4) is 29.0 Å². The van der Waals surface area contributed by atoms with E-state index in [1.807, 2.05) is 24.3 Å². The van der Waals surface area contributed by atoms with Crippen LogP contribution in [0.25, 0.3) is 11.5 Å². The van der Waals surface area contributed by atoms with Crippen LogP contribution in [0, 0.1) is 11.3 Å². The minimum absolute atomic E-state index is 0.161. The first-order chi connectivity index (χ1) is 11.3. The molecule has 0 saturated carbocycles. The van der Waals surface area contributed by atoms with Crippen LogP contribution in [0.3, 0.4) is 0 Å². The van der Waals surface area contributed by atoms with Crippen LogP contribution in [0.1, 0.15) is 11.4 Å². The standard InChI is InChI=1S/C17H13N3O3/c1-21-14-7-5-13(6-8-14)17-19-16(20-23-17)11-22-15-4-2-3-12(9-15)10-18/h2-9H,11H2,1H3. The Labute approximate surface area is 132 Å². The maximum absolute atomic E-state index is 8.86. The summed E-state index contributed by atoms with van der Waals surface area (Å²) >= 11 is 0. The Morgan fingerprint density at radius 2 is 1.96 bits per heavy atom. The summed E-state index contributed by atoms with van der Waals surface area (Å²) in [6.45, 7) is 0.161. The number of benzene rings is 2. The number of methoxy groups -OCH3 is 1. The number of hydrogen-bond acceptors (Lipinski definition) is 6. The fraction of sp³-hybridized carbons (Fsp3) is 0.118. The quantitative estimate of drug-likeness (QED) is 0.720. The lowest BCUT2D eigenvalue weighted by atomic mass is 10.2. The lowest BCUT2D eigenvalue weighted by Gasteiger charge is -2.02. The Hall–Kier alpha value is -3.33. The molecule has 0 N–H and O–H groups in total. The highest BCUT2D eigenvalue weighted by molar-refractivity contribution is 5.54. The molecule has 0 radical (unpaired) electrons. The highest BCUT2D eigenvalue weighted by Gasteiger charge is 2.09. The van der Waals surface area contributed by atoms with Gasteiger partial charge >= 0.3 is 0 Å². The van der Waals surface area contributed by atoms with Gasteiger partial charge in [0.25, 0.3) is 5.89 Å². The van der Waals surface area contributed by atoms with Crippen LogP contribution in [0.4, 0.5) is 0 Å². The van der Waals surface area contributed by atoms with Gasteiger partial charge < -0.3 is 14.0 Å². The molecular formula is C17H13N3O3. The predicted octanol–water partition coefficient (Wildman–Crippen LogP) is 3.20. The molecule has 3 rings (SSSR count). The molecule has 114 valence electrons. The molecule has 0 atom stereocenters. The molecule has 6 heteroatoms. The van der Waals surface area contributed by atoms with Crippen LogP contribution in [-0.2, 0) is 6.61 Å². The van der Waals surface area contributed by atoms with E-state index in [0.29, 0.717) is 23.0 Å². The van der Waals surface area contributed by atoms with Crippen LogP contribution in [0.5, 0.6) is 11.5 Å². The van der Waals surface area contributed by atoms with Crippen LogP contribution in [0.15, 0.2) is 53.1 Å². The van der Waals surface area contributed by atoms with Gasteiger partial charge in [-0.05, 0) is 42.5 Å². The van der Waals surface area contributed by atoms with Crippen LogP contribution in [0.2, 0.25) is 0 Å². The third-order valence-corrected chi connectivity index (χ3v) is 3.14. The Kier molecular flexibility index (Phi) is 4.20. The average molecular weight is 307 g/mol. The molecule has 0 saturated heterocycles. The maximum Gasteiger partial charge on any atom is 0.258 e. The van der Waals surface area contributed by atoms with Gasteiger partial charge in [-0.3, -0.25) is 0 Å². The first kappa shape index (κ1) is 14.6. The van der Waals surface area contributed by atoms with E-state index in [9.17, 15) is 0 Å². The van der Waals surface area contributed by atoms with Crippen molar-refractivity contribution in [3.63, 3.8) is 0 Å². The summed E-state index contributed by atoms with van der Waals surface area (Å²) in [4.78, 5) is 4.29. The van der Waals surface area contributed by atoms with Crippen molar-refractivity contribution in [3.05, 3.63) is 59.9 Å². The zero-order valence-corrected chi connectivity index (χ0v) is 12.4. The number of nitrogens with zero attached hydrogens (tertiary/aromatic N) is 3. The maximum atomic E-state index is 8.86. The SMILES string of the molecule is COc1ccc(-c2nc(COc3cccc(C#N)c3)no2)cc1. The topological polar surface area (TPSA) is 81.2 Å². The van der Waals surface area contributed by atoms with Crippen molar-refractivity contribution in [1.29, 1.82) is 5.26 Å². The van der Waals surface area contributed by atoms with Gasteiger partial charge in [0.05, 0.1) is 18.7 Å². The van der Waals surface area contributed by atoms with Gasteiger partial charge in [0.2, 0.25) is 5.82 Å². The summed E-state index contributed by atoms with van der Waals surface area (Å²) in [7, 11) is 1.61. The van der Waals surface area contributed by atoms with E-state index in [1.165, 1.54) is 0 Å². The van der Waals surface area contributed by atoms with Gasteiger partial charge in [-0.1, -0.05) is 11.2 Å². The molecule has 1 aromatic heterocycles. The van der Waals surface area contributed by atoms with E-state index in [-0.39, 0.29) is 6.61 Å². The van der Waals surface area contributed by atoms with Crippen LogP contribution < -0.4 is 9.47 Å². The first-order valence-electron chi connectivity index (χ1n) is 6.88. The van der Waals surface area contributed by atoms with Crippen molar-refractivity contribution in [1.82, 2.24) is 10.1 Å². The molecule has 2 aromatic carbocycles. The molecule has 0 fully saturated rings. The second-order valence-electron chi connectivity index (χ2n) is 4.67. The lowest BCUT2D eigenvalue weighted by molar-refractivity contribution is 0.287. The summed E-state index contributed by atoms with van der Waals surface area (Å²) < 4.78 is 15.9. The molecule has 0 bridgehead atoms. The Bertz CT molecular complexity index is 835. The summed E-state index contributed by atoms with van der Waals surface area (Å²) in [5.41, 5.74) is 1.34. The van der Waals surface area contributed by atoms with Gasteiger partial charge in [-0.25, -0.2) is 0 Å². The van der Waals surface area contributed by atoms with Crippen molar-refractivity contribution >= 4 is 0 Å². The molecule has 23 heavy (non-hydrogen) atoms. The molecule has 0 aliphatic rings. The van der Waals surface area contributed by atoms with E-state index in [0.717, 1.165) is 11.3 Å². The molecule has 0 spiro atoms. The van der Waals surface area contributed by atoms with Gasteiger partial charge in [0.15, 0.2) is 6.61 Å². The molecule has 0 aliphatic heterocycles. The fourth-order valence-electron chi connectivity index (χ4n) is 1.97. The van der Waals surface area contributed by atoms with Gasteiger partial charge in [0, 0.05) is 5.56 Å². The van der Waals surface area contributed by atoms with E-state index in [2.05, 4.69) is 16.2 Å². The Morgan fingerprint density at radius 3 is 2.70 bits per heavy atom. The molecule has 0 unspecified atom stereocenters. The number of rotatable bonds is 5. The first-order valence-corrected chi connectivity index (χ1v) is 6.88. The third kappa shape index (κ3) is 3.47. The second kappa shape index (κ2) is 6.62. The summed E-state index contributed by atoms with van der Waals surface area (Å²) in [6.07, 6.45) is 0. The second-order valence-corrected chi connectivity index (χ2v) is 4.67. The van der Waals surface area contributed by atoms with Crippen molar-refractivity contribution < 1.29 is 14.0 Å². The van der Waals surface area contributed by atoms with Gasteiger partial charge in [-0.2, -0.15) is 10.2 Å². The lowest BCUT2D eigenvalue weighted by Crippen LogP contribution is -1.97. The summed E-state index contributed by atoms with van der Waals surface area (Å²) in [5.74, 6) is 2.18. The minimum atomic E-state index is 0.161. The number of hydrogen-bond donors (Lipinski definition) is 0. The summed E-state index contributed by atoms with van der Waals surface area (Å²) in [6, 6.07) is 16.3. The monoisotopic (exact) mass is 307 g/mol. The fourth-order valence-corrected chi connectivity index (χ4v) is 1.97. The van der Waals surface area contributed by atoms with E-state index in [1.54, 1.807) is 31.4 Å². The van der Waals surface area contributed by atoms with Gasteiger partial charge in [-0.15, -0.1) is 0 Å². The highest BCUT2D eigenvalue weighted by atomic mass is 16.5. The normalized spacial score (nSPS) is 10.1. The zero-order valence-electron chi connectivity index (χ0n) is 12.4. The highest BCUT2D eigenvalue weighted by Crippen LogP contribution is 2.21. The van der Waals surface area contributed by atoms with Crippen molar-refractivity contribution in [2.24, 2.45) is 0 Å². The van der Waals surface area contributed by atoms with Gasteiger partial charge in [0.1, 0.15) is 11.5 Å². The summed E-state index contributed by atoms with van der Waals surface area (Å²) in [5, 5.41) is 12.7. The van der Waals surface area contributed by atoms with E-state index in [4.69, 9.17) is 19.3 Å². The third-order valence-electron chi connectivity index (χ3n) is 3.14. The Balaban J connectivity index is 1.68.